The molecule has 0 radical (unpaired) electrons. The van der Waals surface area contributed by atoms with Crippen LogP contribution in [0.1, 0.15) is 31.0 Å². The Kier molecular flexibility index (Phi) is 6.71. The van der Waals surface area contributed by atoms with Crippen LogP contribution in [0.15, 0.2) is 40.6 Å². The van der Waals surface area contributed by atoms with E-state index in [0.717, 1.165) is 12.1 Å². The van der Waals surface area contributed by atoms with Gasteiger partial charge in [-0.3, -0.25) is 0 Å². The molecule has 26 heavy (non-hydrogen) atoms. The fourth-order valence-corrected chi connectivity index (χ4v) is 3.40. The van der Waals surface area contributed by atoms with Crippen molar-refractivity contribution >= 4 is 22.6 Å². The Morgan fingerprint density at radius 3 is 2.62 bits per heavy atom. The molecule has 1 unspecified atom stereocenters. The van der Waals surface area contributed by atoms with Gasteiger partial charge < -0.3 is 4.55 Å². The molecule has 0 aliphatic carbocycles. The summed E-state index contributed by atoms with van der Waals surface area (Å²) in [6, 6.07) is 3.78. The highest BCUT2D eigenvalue weighted by Crippen LogP contribution is 2.30. The summed E-state index contributed by atoms with van der Waals surface area (Å²) in [5.74, 6) is -2.19. The number of hydrogen-bond acceptors (Lipinski definition) is 4. The second-order valence-electron chi connectivity index (χ2n) is 5.58. The molecule has 0 fully saturated rings. The normalized spacial score (nSPS) is 13.7. The summed E-state index contributed by atoms with van der Waals surface area (Å²) in [6.45, 7) is 3.32. The molecule has 1 heterocycles. The molecule has 140 valence electrons. The smallest absolute Gasteiger partial charge is 0.433 e. The molecule has 2 rings (SSSR count). The van der Waals surface area contributed by atoms with Crippen LogP contribution in [0.5, 0.6) is 0 Å². The van der Waals surface area contributed by atoms with Crippen molar-refractivity contribution in [3.8, 4) is 0 Å². The van der Waals surface area contributed by atoms with Gasteiger partial charge in [-0.1, -0.05) is 13.3 Å². The lowest BCUT2D eigenvalue weighted by atomic mass is 10.1. The van der Waals surface area contributed by atoms with E-state index in [1.54, 1.807) is 6.07 Å². The van der Waals surface area contributed by atoms with E-state index >= 15 is 0 Å². The van der Waals surface area contributed by atoms with Gasteiger partial charge in [-0.2, -0.15) is 13.2 Å². The second kappa shape index (κ2) is 8.59. The number of aliphatic imine (C=N–C) groups is 1. The lowest BCUT2D eigenvalue weighted by molar-refractivity contribution is -0.106. The summed E-state index contributed by atoms with van der Waals surface area (Å²) in [5.41, 5.74) is 0.997. The Balaban J connectivity index is 2.46. The van der Waals surface area contributed by atoms with Crippen LogP contribution in [0.25, 0.3) is 0 Å². The number of rotatable bonds is 6. The summed E-state index contributed by atoms with van der Waals surface area (Å²) in [6.07, 6.45) is -0.531. The van der Waals surface area contributed by atoms with Crippen LogP contribution in [0, 0.1) is 12.7 Å². The Bertz CT molecular complexity index is 782. The Morgan fingerprint density at radius 1 is 1.31 bits per heavy atom. The van der Waals surface area contributed by atoms with E-state index in [4.69, 9.17) is 0 Å². The van der Waals surface area contributed by atoms with Crippen molar-refractivity contribution < 1.29 is 22.1 Å². The minimum atomic E-state index is -4.58. The van der Waals surface area contributed by atoms with E-state index in [1.807, 2.05) is 6.92 Å². The van der Waals surface area contributed by atoms with Gasteiger partial charge in [0.2, 0.25) is 5.75 Å². The number of nitrogens with zero attached hydrogens (tertiary/aromatic N) is 3. The summed E-state index contributed by atoms with van der Waals surface area (Å²) < 4.78 is 63.9. The third kappa shape index (κ3) is 5.50. The zero-order chi connectivity index (χ0) is 19.3. The highest BCUT2D eigenvalue weighted by molar-refractivity contribution is 7.91. The lowest BCUT2D eigenvalue weighted by Crippen LogP contribution is -2.23. The van der Waals surface area contributed by atoms with Crippen molar-refractivity contribution in [2.24, 2.45) is 4.99 Å². The molecule has 2 aromatic rings. The second-order valence-corrected chi connectivity index (χ2v) is 7.00. The van der Waals surface area contributed by atoms with E-state index < -0.39 is 28.9 Å². The standard InChI is InChI=1S/C17H17F4N3OS/c1-3-4-14(13-5-6-22-10-23-13)24-15-8-16(11(2)7-12(15)18)26(25)9-17(19,20)21/h5-8,10H,3-4,9H2,1-2H3/b24-14+. The van der Waals surface area contributed by atoms with Crippen molar-refractivity contribution in [3.05, 3.63) is 47.8 Å². The van der Waals surface area contributed by atoms with E-state index in [0.29, 0.717) is 24.2 Å². The molecule has 1 aromatic heterocycles. The molecular weight excluding hydrogens is 370 g/mol. The first-order valence-corrected chi connectivity index (χ1v) is 9.12. The summed E-state index contributed by atoms with van der Waals surface area (Å²) >= 11 is -2.33. The van der Waals surface area contributed by atoms with Crippen molar-refractivity contribution in [2.45, 2.75) is 37.8 Å². The zero-order valence-electron chi connectivity index (χ0n) is 14.2. The first kappa shape index (κ1) is 20.3. The maximum absolute atomic E-state index is 14.3. The predicted octanol–water partition coefficient (Wildman–Crippen LogP) is 4.51. The van der Waals surface area contributed by atoms with Gasteiger partial charge in [0.1, 0.15) is 17.8 Å². The minimum absolute atomic E-state index is 0.0824. The van der Waals surface area contributed by atoms with Crippen molar-refractivity contribution in [1.82, 2.24) is 9.97 Å². The summed E-state index contributed by atoms with van der Waals surface area (Å²) in [4.78, 5) is 12.0. The zero-order valence-corrected chi connectivity index (χ0v) is 15.0. The van der Waals surface area contributed by atoms with Gasteiger partial charge in [-0.05, 0) is 36.7 Å². The van der Waals surface area contributed by atoms with Gasteiger partial charge in [0.05, 0.1) is 11.4 Å². The molecule has 0 aliphatic rings. The number of alkyl halides is 3. The molecule has 4 nitrogen and oxygen atoms in total. The Hall–Kier alpha value is -2.00. The van der Waals surface area contributed by atoms with Gasteiger partial charge >= 0.3 is 6.18 Å². The number of benzene rings is 1. The molecule has 0 amide bonds. The van der Waals surface area contributed by atoms with Crippen molar-refractivity contribution in [1.29, 1.82) is 0 Å². The van der Waals surface area contributed by atoms with E-state index in [9.17, 15) is 22.1 Å². The SMILES string of the molecule is CCC/C(=N\c1cc([S+]([O-])CC(F)(F)F)c(C)cc1F)c1ccncn1. The number of aromatic nitrogens is 2. The maximum atomic E-state index is 14.3. The van der Waals surface area contributed by atoms with Crippen LogP contribution in [0.2, 0.25) is 0 Å². The molecular formula is C17H17F4N3OS. The molecule has 0 saturated heterocycles. The van der Waals surface area contributed by atoms with Gasteiger partial charge in [0, 0.05) is 17.8 Å². The van der Waals surface area contributed by atoms with Gasteiger partial charge in [-0.15, -0.1) is 0 Å². The average Bonchev–Trinajstić information content (AvgIpc) is 2.55. The molecule has 0 saturated carbocycles. The van der Waals surface area contributed by atoms with Crippen LogP contribution < -0.4 is 0 Å². The average molecular weight is 387 g/mol. The van der Waals surface area contributed by atoms with Crippen LogP contribution >= 0.6 is 0 Å². The van der Waals surface area contributed by atoms with Crippen LogP contribution in [0.4, 0.5) is 23.2 Å². The molecule has 0 spiro atoms. The van der Waals surface area contributed by atoms with Crippen LogP contribution in [-0.4, -0.2) is 32.2 Å². The van der Waals surface area contributed by atoms with E-state index in [1.165, 1.54) is 19.4 Å². The molecule has 0 N–H and O–H groups in total. The summed E-state index contributed by atoms with van der Waals surface area (Å²) in [5, 5.41) is 0. The molecule has 0 aliphatic heterocycles. The molecule has 1 aromatic carbocycles. The molecule has 1 atom stereocenters. The quantitative estimate of drug-likeness (QED) is 0.416. The van der Waals surface area contributed by atoms with Gasteiger partial charge in [-0.25, -0.2) is 19.4 Å². The topological polar surface area (TPSA) is 61.2 Å². The monoisotopic (exact) mass is 387 g/mol. The third-order valence-electron chi connectivity index (χ3n) is 3.40. The van der Waals surface area contributed by atoms with Gasteiger partial charge in [0.25, 0.3) is 0 Å². The fraction of sp³-hybridized carbons (Fsp3) is 0.353. The molecule has 0 bridgehead atoms. The first-order chi connectivity index (χ1) is 12.2. The van der Waals surface area contributed by atoms with Crippen LogP contribution in [0.3, 0.4) is 0 Å². The van der Waals surface area contributed by atoms with E-state index in [2.05, 4.69) is 15.0 Å². The largest absolute Gasteiger partial charge is 0.611 e. The van der Waals surface area contributed by atoms with Crippen molar-refractivity contribution in [2.75, 3.05) is 5.75 Å². The highest BCUT2D eigenvalue weighted by Gasteiger charge is 2.36. The first-order valence-electron chi connectivity index (χ1n) is 7.80. The predicted molar refractivity (Wildman–Crippen MR) is 91.6 cm³/mol. The van der Waals surface area contributed by atoms with Crippen LogP contribution in [-0.2, 0) is 11.2 Å². The van der Waals surface area contributed by atoms with Crippen molar-refractivity contribution in [3.63, 3.8) is 0 Å². The number of hydrogen-bond donors (Lipinski definition) is 0. The fourth-order valence-electron chi connectivity index (χ4n) is 2.28. The summed E-state index contributed by atoms with van der Waals surface area (Å²) in [7, 11) is 0. The molecule has 9 heteroatoms. The number of halogens is 4. The highest BCUT2D eigenvalue weighted by atomic mass is 32.2. The maximum Gasteiger partial charge on any atom is 0.433 e. The lowest BCUT2D eigenvalue weighted by Gasteiger charge is -2.15. The third-order valence-corrected chi connectivity index (χ3v) is 4.92. The minimum Gasteiger partial charge on any atom is -0.611 e. The van der Waals surface area contributed by atoms with Gasteiger partial charge in [0.15, 0.2) is 4.90 Å². The Morgan fingerprint density at radius 2 is 2.04 bits per heavy atom. The van der Waals surface area contributed by atoms with E-state index in [-0.39, 0.29) is 16.1 Å². The number of aryl methyl sites for hydroxylation is 1. The Labute approximate surface area is 151 Å².